The molecule has 1 aromatic carbocycles. The van der Waals surface area contributed by atoms with Crippen LogP contribution in [0.5, 0.6) is 0 Å². The van der Waals surface area contributed by atoms with Crippen LogP contribution in [0.1, 0.15) is 43.0 Å². The van der Waals surface area contributed by atoms with Crippen LogP contribution < -0.4 is 10.5 Å². The van der Waals surface area contributed by atoms with Crippen LogP contribution >= 0.6 is 11.6 Å². The topological polar surface area (TPSA) is 123 Å². The molecule has 4 aliphatic rings. The summed E-state index contributed by atoms with van der Waals surface area (Å²) in [6.45, 7) is 4.25. The van der Waals surface area contributed by atoms with E-state index in [1.807, 2.05) is 17.8 Å². The van der Waals surface area contributed by atoms with Gasteiger partial charge in [-0.3, -0.25) is 9.52 Å². The van der Waals surface area contributed by atoms with Crippen LogP contribution in [0.3, 0.4) is 0 Å². The third-order valence-corrected chi connectivity index (χ3v) is 7.74. The van der Waals surface area contributed by atoms with Gasteiger partial charge >= 0.3 is 0 Å². The number of nitrogens with two attached hydrogens (primary N) is 1. The minimum atomic E-state index is -3.57. The van der Waals surface area contributed by atoms with Gasteiger partial charge in [0.05, 0.1) is 23.5 Å². The number of benzene rings is 1. The zero-order chi connectivity index (χ0) is 25.6. The molecule has 5 rings (SSSR count). The minimum absolute atomic E-state index is 0.156. The quantitative estimate of drug-likeness (QED) is 0.573. The lowest BCUT2D eigenvalue weighted by Crippen LogP contribution is -2.48. The van der Waals surface area contributed by atoms with Crippen LogP contribution in [0.2, 0.25) is 5.02 Å². The van der Waals surface area contributed by atoms with Crippen LogP contribution in [0.4, 0.5) is 5.69 Å². The van der Waals surface area contributed by atoms with Gasteiger partial charge < -0.3 is 15.5 Å². The Morgan fingerprint density at radius 3 is 2.78 bits per heavy atom. The molecule has 1 amide bonds. The Labute approximate surface area is 216 Å². The van der Waals surface area contributed by atoms with E-state index in [9.17, 15) is 13.2 Å². The van der Waals surface area contributed by atoms with E-state index in [0.717, 1.165) is 62.1 Å². The Hall–Kier alpha value is -2.76. The van der Waals surface area contributed by atoms with Crippen LogP contribution in [-0.2, 0) is 10.0 Å². The summed E-state index contributed by atoms with van der Waals surface area (Å²) in [6.07, 6.45) is 8.35. The molecular weight excluding hydrogens is 502 g/mol. The molecule has 0 spiro atoms. The van der Waals surface area contributed by atoms with Gasteiger partial charge in [-0.2, -0.15) is 0 Å². The average Bonchev–Trinajstić information content (AvgIpc) is 3.44. The molecule has 36 heavy (non-hydrogen) atoms. The number of nitrogens with one attached hydrogen (secondary N) is 1. The molecule has 0 bridgehead atoms. The number of hydrogen-bond acceptors (Lipinski definition) is 7. The molecule has 4 aliphatic heterocycles. The molecule has 3 atom stereocenters. The Balaban J connectivity index is 1.43. The van der Waals surface area contributed by atoms with Crippen molar-refractivity contribution in [3.8, 4) is 0 Å². The van der Waals surface area contributed by atoms with E-state index in [1.54, 1.807) is 11.0 Å². The number of carbonyl (C=O) groups excluding carboxylic acids is 1. The number of amidine groups is 1. The fourth-order valence-corrected chi connectivity index (χ4v) is 5.98. The maximum atomic E-state index is 13.7. The van der Waals surface area contributed by atoms with Gasteiger partial charge in [-0.25, -0.2) is 13.4 Å². The highest BCUT2D eigenvalue weighted by atomic mass is 35.5. The van der Waals surface area contributed by atoms with Gasteiger partial charge in [-0.15, -0.1) is 0 Å². The van der Waals surface area contributed by atoms with Crippen molar-refractivity contribution < 1.29 is 17.9 Å². The van der Waals surface area contributed by atoms with Gasteiger partial charge in [0.15, 0.2) is 5.84 Å². The van der Waals surface area contributed by atoms with E-state index < -0.39 is 10.0 Å². The normalized spacial score (nSPS) is 26.2. The van der Waals surface area contributed by atoms with Crippen molar-refractivity contribution in [1.82, 2.24) is 9.80 Å². The van der Waals surface area contributed by atoms with Crippen molar-refractivity contribution in [3.05, 3.63) is 40.4 Å². The van der Waals surface area contributed by atoms with Crippen LogP contribution in [0, 0.1) is 0 Å². The number of piperidine rings is 1. The number of hydrogen-bond donors (Lipinski definition) is 2. The smallest absolute Gasteiger partial charge is 0.297 e. The summed E-state index contributed by atoms with van der Waals surface area (Å²) >= 11 is 6.19. The molecule has 0 aliphatic carbocycles. The van der Waals surface area contributed by atoms with Gasteiger partial charge in [0.25, 0.3) is 12.1 Å². The van der Waals surface area contributed by atoms with Crippen molar-refractivity contribution in [2.45, 2.75) is 50.9 Å². The summed E-state index contributed by atoms with van der Waals surface area (Å²) in [6, 6.07) is 4.50. The van der Waals surface area contributed by atoms with E-state index in [4.69, 9.17) is 27.4 Å². The number of likely N-dealkylation sites (tertiary alicyclic amines) is 2. The molecule has 0 aromatic heterocycles. The van der Waals surface area contributed by atoms with E-state index in [1.165, 1.54) is 12.1 Å². The Morgan fingerprint density at radius 2 is 2.06 bits per heavy atom. The predicted octanol–water partition coefficient (Wildman–Crippen LogP) is 1.88. The lowest BCUT2D eigenvalue weighted by atomic mass is 9.97. The molecule has 2 saturated heterocycles. The summed E-state index contributed by atoms with van der Waals surface area (Å²) < 4.78 is 28.1. The van der Waals surface area contributed by atoms with Crippen LogP contribution in [-0.4, -0.2) is 90.7 Å². The minimum Gasteiger partial charge on any atom is -0.350 e. The highest BCUT2D eigenvalue weighted by molar-refractivity contribution is 7.92. The van der Waals surface area contributed by atoms with Crippen LogP contribution in [0.15, 0.2) is 39.9 Å². The first-order valence-electron chi connectivity index (χ1n) is 12.2. The van der Waals surface area contributed by atoms with Crippen molar-refractivity contribution in [2.75, 3.05) is 30.6 Å². The molecule has 1 aromatic rings. The summed E-state index contributed by atoms with van der Waals surface area (Å²) in [5.41, 5.74) is 8.39. The van der Waals surface area contributed by atoms with Gasteiger partial charge in [0.2, 0.25) is 16.2 Å². The first kappa shape index (κ1) is 24.9. The van der Waals surface area contributed by atoms with E-state index >= 15 is 0 Å². The molecule has 0 saturated carbocycles. The zero-order valence-corrected chi connectivity index (χ0v) is 22.0. The van der Waals surface area contributed by atoms with Crippen molar-refractivity contribution in [2.24, 2.45) is 15.8 Å². The van der Waals surface area contributed by atoms with E-state index in [-0.39, 0.29) is 35.4 Å². The monoisotopic (exact) mass is 532 g/mol. The second-order valence-corrected chi connectivity index (χ2v) is 12.0. The SMILES string of the molecule is CC1=CC2N=C([C@@H]3CCCCN3C(=O)c3cc(Cl)ccc3NS(C)(=O)=O)C=[N+]2N=C1N1CC[C@H](N)C1. The largest absolute Gasteiger partial charge is 0.350 e. The Kier molecular flexibility index (Phi) is 6.65. The fourth-order valence-electron chi connectivity index (χ4n) is 5.23. The van der Waals surface area contributed by atoms with E-state index in [0.29, 0.717) is 11.6 Å². The number of sulfonamides is 1. The number of rotatable bonds is 4. The number of hydrazone groups is 1. The third kappa shape index (κ3) is 5.05. The standard InChI is InChI=1S/C24H30ClN7O3S/c1-15-11-22-27-20(14-32(22)28-23(15)30-10-8-17(26)13-30)21-5-3-4-9-31(21)24(33)18-12-16(25)6-7-19(18)29-36(2,34)35/h6-7,11-12,14,17,21-22H,3-5,8-10,13,26H2,1-2H3/p+1/t17-,21-,22?/m0/s1. The summed E-state index contributed by atoms with van der Waals surface area (Å²) in [5.74, 6) is 0.634. The summed E-state index contributed by atoms with van der Waals surface area (Å²) in [5, 5.41) is 5.22. The second-order valence-electron chi connectivity index (χ2n) is 9.82. The first-order chi connectivity index (χ1) is 17.1. The van der Waals surface area contributed by atoms with Gasteiger partial charge in [-0.1, -0.05) is 16.3 Å². The first-order valence-corrected chi connectivity index (χ1v) is 14.4. The summed E-state index contributed by atoms with van der Waals surface area (Å²) in [4.78, 5) is 22.6. The lowest BCUT2D eigenvalue weighted by Gasteiger charge is -2.35. The molecule has 12 heteroatoms. The maximum Gasteiger partial charge on any atom is 0.297 e. The van der Waals surface area contributed by atoms with Crippen molar-refractivity contribution in [3.63, 3.8) is 0 Å². The molecule has 10 nitrogen and oxygen atoms in total. The fraction of sp³-hybridized carbons (Fsp3) is 0.500. The van der Waals surface area contributed by atoms with Gasteiger partial charge in [-0.05, 0) is 50.8 Å². The predicted molar refractivity (Wildman–Crippen MR) is 141 cm³/mol. The molecule has 4 heterocycles. The number of carbonyl (C=O) groups is 1. The maximum absolute atomic E-state index is 13.7. The van der Waals surface area contributed by atoms with Crippen molar-refractivity contribution >= 4 is 51.0 Å². The molecule has 1 unspecified atom stereocenters. The third-order valence-electron chi connectivity index (χ3n) is 6.92. The zero-order valence-electron chi connectivity index (χ0n) is 20.4. The van der Waals surface area contributed by atoms with Crippen molar-refractivity contribution in [1.29, 1.82) is 0 Å². The number of fused-ring (bicyclic) bond motifs is 1. The number of nitrogens with zero attached hydrogens (tertiary/aromatic N) is 5. The summed E-state index contributed by atoms with van der Waals surface area (Å²) in [7, 11) is -3.57. The second kappa shape index (κ2) is 9.60. The molecule has 0 radical (unpaired) electrons. The molecular formula is C24H31ClN7O3S+. The van der Waals surface area contributed by atoms with Gasteiger partial charge in [0, 0.05) is 47.4 Å². The lowest BCUT2D eigenvalue weighted by molar-refractivity contribution is -0.551. The Morgan fingerprint density at radius 1 is 1.25 bits per heavy atom. The van der Waals surface area contributed by atoms with Crippen LogP contribution in [0.25, 0.3) is 0 Å². The average molecular weight is 533 g/mol. The van der Waals surface area contributed by atoms with Gasteiger partial charge in [0.1, 0.15) is 5.71 Å². The molecule has 192 valence electrons. The molecule has 2 fully saturated rings. The highest BCUT2D eigenvalue weighted by Gasteiger charge is 2.40. The number of aliphatic imine (C=N–C) groups is 1. The number of amides is 1. The Bertz CT molecular complexity index is 1320. The number of anilines is 1. The highest BCUT2D eigenvalue weighted by Crippen LogP contribution is 2.29. The number of halogens is 1. The van der Waals surface area contributed by atoms with E-state index in [2.05, 4.69) is 15.7 Å². The molecule has 3 N–H and O–H groups in total.